The smallest absolute Gasteiger partial charge is 0.186 e. The maximum Gasteiger partial charge on any atom is 0.186 e. The summed E-state index contributed by atoms with van der Waals surface area (Å²) in [6.45, 7) is 28.4. The summed E-state index contributed by atoms with van der Waals surface area (Å²) in [4.78, 5) is 14.1. The van der Waals surface area contributed by atoms with Crippen LogP contribution in [0, 0.1) is 10.8 Å². The Morgan fingerprint density at radius 3 is 1.36 bits per heavy atom. The van der Waals surface area contributed by atoms with Crippen molar-refractivity contribution in [3.05, 3.63) is 81.5 Å². The molecule has 7 heteroatoms. The van der Waals surface area contributed by atoms with Gasteiger partial charge in [0, 0.05) is 22.3 Å². The predicted octanol–water partition coefficient (Wildman–Crippen LogP) is 9.58. The highest BCUT2D eigenvalue weighted by molar-refractivity contribution is 6.12. The quantitative estimate of drug-likeness (QED) is 0.313. The van der Waals surface area contributed by atoms with Gasteiger partial charge in [0.15, 0.2) is 23.0 Å². The van der Waals surface area contributed by atoms with Crippen LogP contribution >= 0.6 is 0 Å². The molecular weight excluding hydrogens is 628 g/mol. The van der Waals surface area contributed by atoms with Crippen LogP contribution in [-0.4, -0.2) is 58.6 Å². The van der Waals surface area contributed by atoms with E-state index in [-0.39, 0.29) is 11.5 Å². The van der Waals surface area contributed by atoms with Crippen LogP contribution in [0.2, 0.25) is 0 Å². The number of ketones is 1. The standard InChI is InChI=1S/C43H59O7/c1-40(2,3)31-23-29(24-32(38(31)44)41(4,5)6)37(30-25-33(42(7,8)9)39(45)34(26-30)43(10,11)12)28-13-14-35-36(27-28)50-22-20-48-18-16-46-15-17-47-19-21-49-35/h13-14,23-27H,15-22H2,1-12H3. The zero-order valence-electron chi connectivity index (χ0n) is 32.6. The van der Waals surface area contributed by atoms with Crippen molar-refractivity contribution in [1.82, 2.24) is 0 Å². The SMILES string of the molecule is CC(C)(C)C1=CC(=C(c2ccc3c(c2)OCCOCCOCCOCCO3)c2cc(C(C)(C)C)c([O])c(C(C)(C)C)c2)C=C(C(C)(C)C)C1=O. The van der Waals surface area contributed by atoms with Gasteiger partial charge in [-0.15, -0.1) is 0 Å². The first-order valence-corrected chi connectivity index (χ1v) is 17.9. The van der Waals surface area contributed by atoms with Crippen LogP contribution in [0.1, 0.15) is 105 Å². The number of allylic oxidation sites excluding steroid dienone is 5. The summed E-state index contributed by atoms with van der Waals surface area (Å²) in [7, 11) is 0. The van der Waals surface area contributed by atoms with E-state index in [1.807, 2.05) is 42.5 Å². The summed E-state index contributed by atoms with van der Waals surface area (Å²) in [5, 5.41) is 14.1. The molecule has 0 saturated heterocycles. The lowest BCUT2D eigenvalue weighted by Crippen LogP contribution is -2.28. The van der Waals surface area contributed by atoms with Crippen molar-refractivity contribution in [2.75, 3.05) is 52.9 Å². The third-order valence-electron chi connectivity index (χ3n) is 8.93. The molecule has 0 spiro atoms. The molecule has 0 fully saturated rings. The van der Waals surface area contributed by atoms with Gasteiger partial charge >= 0.3 is 0 Å². The van der Waals surface area contributed by atoms with E-state index in [2.05, 4.69) is 83.1 Å². The van der Waals surface area contributed by atoms with E-state index in [1.165, 1.54) is 0 Å². The normalized spacial score (nSPS) is 17.8. The van der Waals surface area contributed by atoms with Gasteiger partial charge in [-0.25, -0.2) is 0 Å². The van der Waals surface area contributed by atoms with Gasteiger partial charge < -0.3 is 23.7 Å². The van der Waals surface area contributed by atoms with Crippen LogP contribution in [0.25, 0.3) is 5.57 Å². The van der Waals surface area contributed by atoms with Crippen molar-refractivity contribution in [2.45, 2.75) is 93.9 Å². The highest BCUT2D eigenvalue weighted by atomic mass is 16.6. The van der Waals surface area contributed by atoms with Crippen LogP contribution in [-0.2, 0) is 34.9 Å². The number of carbonyl (C=O) groups is 1. The first-order chi connectivity index (χ1) is 23.2. The van der Waals surface area contributed by atoms with E-state index in [1.54, 1.807) is 0 Å². The minimum Gasteiger partial charge on any atom is -0.487 e. The molecule has 1 radical (unpaired) electrons. The molecule has 2 aromatic carbocycles. The molecule has 1 aliphatic heterocycles. The third kappa shape index (κ3) is 9.68. The maximum absolute atomic E-state index is 14.1. The van der Waals surface area contributed by atoms with Gasteiger partial charge in [0.2, 0.25) is 0 Å². The lowest BCUT2D eigenvalue weighted by atomic mass is 9.70. The third-order valence-corrected chi connectivity index (χ3v) is 8.93. The second-order valence-corrected chi connectivity index (χ2v) is 17.4. The lowest BCUT2D eigenvalue weighted by molar-refractivity contribution is -0.114. The van der Waals surface area contributed by atoms with Crippen LogP contribution in [0.5, 0.6) is 17.2 Å². The summed E-state index contributed by atoms with van der Waals surface area (Å²) in [6, 6.07) is 10.1. The number of ether oxygens (including phenoxy) is 5. The molecule has 2 aromatic rings. The summed E-state index contributed by atoms with van der Waals surface area (Å²) in [5.41, 5.74) is 5.02. The van der Waals surface area contributed by atoms with E-state index < -0.39 is 21.7 Å². The van der Waals surface area contributed by atoms with E-state index >= 15 is 0 Å². The number of Topliss-reactive ketones (excluding diaryl/α,β-unsaturated/α-hetero) is 1. The first-order valence-electron chi connectivity index (χ1n) is 17.9. The Labute approximate surface area is 300 Å². The van der Waals surface area contributed by atoms with Crippen molar-refractivity contribution in [3.63, 3.8) is 0 Å². The lowest BCUT2D eigenvalue weighted by Gasteiger charge is -2.32. The van der Waals surface area contributed by atoms with Crippen LogP contribution in [0.15, 0.2) is 59.2 Å². The Bertz CT molecular complexity index is 1560. The molecule has 4 rings (SSSR count). The Balaban J connectivity index is 2.06. The van der Waals surface area contributed by atoms with Crippen molar-refractivity contribution >= 4 is 11.4 Å². The van der Waals surface area contributed by atoms with Gasteiger partial charge in [0.25, 0.3) is 0 Å². The average molecular weight is 688 g/mol. The molecule has 273 valence electrons. The largest absolute Gasteiger partial charge is 0.487 e. The number of hydrogen-bond acceptors (Lipinski definition) is 6. The monoisotopic (exact) mass is 687 g/mol. The Kier molecular flexibility index (Phi) is 12.2. The molecule has 0 bridgehead atoms. The summed E-state index contributed by atoms with van der Waals surface area (Å²) in [6.07, 6.45) is 4.09. The molecule has 0 aromatic heterocycles. The minimum absolute atomic E-state index is 0.0677. The van der Waals surface area contributed by atoms with E-state index in [0.717, 1.165) is 44.5 Å². The van der Waals surface area contributed by atoms with Gasteiger partial charge in [-0.2, -0.15) is 0 Å². The summed E-state index contributed by atoms with van der Waals surface area (Å²) in [5.74, 6) is 1.31. The summed E-state index contributed by atoms with van der Waals surface area (Å²) >= 11 is 0. The minimum atomic E-state index is -0.398. The van der Waals surface area contributed by atoms with Gasteiger partial charge in [-0.3, -0.25) is 9.90 Å². The Morgan fingerprint density at radius 2 is 0.940 bits per heavy atom. The zero-order valence-corrected chi connectivity index (χ0v) is 32.6. The predicted molar refractivity (Wildman–Crippen MR) is 200 cm³/mol. The first kappa shape index (κ1) is 39.4. The molecule has 2 aliphatic rings. The number of rotatable bonds is 2. The molecule has 1 aliphatic carbocycles. The van der Waals surface area contributed by atoms with Gasteiger partial charge in [0.1, 0.15) is 13.2 Å². The molecular formula is C43H59O7. The number of benzene rings is 2. The van der Waals surface area contributed by atoms with E-state index in [4.69, 9.17) is 23.7 Å². The molecule has 1 heterocycles. The molecule has 7 nitrogen and oxygen atoms in total. The summed E-state index contributed by atoms with van der Waals surface area (Å²) < 4.78 is 29.5. The highest BCUT2D eigenvalue weighted by Crippen LogP contribution is 2.46. The number of carbonyl (C=O) groups excluding carboxylic acids is 1. The fourth-order valence-electron chi connectivity index (χ4n) is 6.13. The van der Waals surface area contributed by atoms with E-state index in [0.29, 0.717) is 64.4 Å². The van der Waals surface area contributed by atoms with Crippen molar-refractivity contribution in [2.24, 2.45) is 10.8 Å². The van der Waals surface area contributed by atoms with Crippen LogP contribution in [0.3, 0.4) is 0 Å². The molecule has 0 saturated carbocycles. The topological polar surface area (TPSA) is 83.1 Å². The van der Waals surface area contributed by atoms with Gasteiger partial charge in [-0.05, 0) is 80.4 Å². The fourth-order valence-corrected chi connectivity index (χ4v) is 6.13. The number of hydrogen-bond donors (Lipinski definition) is 0. The maximum atomic E-state index is 14.1. The second kappa shape index (κ2) is 15.5. The zero-order chi connectivity index (χ0) is 37.1. The van der Waals surface area contributed by atoms with Crippen molar-refractivity contribution in [3.8, 4) is 17.2 Å². The molecule has 0 N–H and O–H groups in total. The Morgan fingerprint density at radius 1 is 0.520 bits per heavy atom. The highest BCUT2D eigenvalue weighted by Gasteiger charge is 2.36. The molecule has 0 amide bonds. The van der Waals surface area contributed by atoms with Crippen LogP contribution in [0.4, 0.5) is 0 Å². The average Bonchev–Trinajstić information content (AvgIpc) is 3.00. The van der Waals surface area contributed by atoms with Crippen LogP contribution < -0.4 is 9.47 Å². The molecule has 50 heavy (non-hydrogen) atoms. The van der Waals surface area contributed by atoms with E-state index in [9.17, 15) is 9.90 Å². The second-order valence-electron chi connectivity index (χ2n) is 17.4. The fraction of sp³-hybridized carbons (Fsp3) is 0.558. The van der Waals surface area contributed by atoms with Crippen molar-refractivity contribution in [1.29, 1.82) is 0 Å². The van der Waals surface area contributed by atoms with Crippen molar-refractivity contribution < 1.29 is 33.6 Å². The molecule has 0 unspecified atom stereocenters. The number of fused-ring (bicyclic) bond motifs is 1. The Hall–Kier alpha value is -3.39. The molecule has 0 atom stereocenters. The van der Waals surface area contributed by atoms with Gasteiger partial charge in [0.05, 0.1) is 39.6 Å². The van der Waals surface area contributed by atoms with Gasteiger partial charge in [-0.1, -0.05) is 89.2 Å².